The van der Waals surface area contributed by atoms with Gasteiger partial charge in [0.25, 0.3) is 0 Å². The first kappa shape index (κ1) is 23.7. The molecule has 1 heterocycles. The molecule has 2 N–H and O–H groups in total. The van der Waals surface area contributed by atoms with E-state index in [1.165, 1.54) is 0 Å². The number of guanidine groups is 1. The molecule has 0 aliphatic carbocycles. The van der Waals surface area contributed by atoms with Crippen LogP contribution < -0.4 is 10.6 Å². The molecule has 1 aromatic carbocycles. The van der Waals surface area contributed by atoms with Gasteiger partial charge in [-0.05, 0) is 46.8 Å². The predicted octanol–water partition coefficient (Wildman–Crippen LogP) is 3.88. The Kier molecular flexibility index (Phi) is 8.59. The Labute approximate surface area is 179 Å². The number of aliphatic imine (C=N–C) groups is 1. The van der Waals surface area contributed by atoms with Crippen LogP contribution in [-0.2, 0) is 9.84 Å². The molecular weight excluding hydrogens is 477 g/mol. The molecule has 0 aliphatic rings. The molecule has 1 aromatic heterocycles. The van der Waals surface area contributed by atoms with Gasteiger partial charge in [0.15, 0.2) is 15.8 Å². The van der Waals surface area contributed by atoms with Gasteiger partial charge < -0.3 is 15.1 Å². The Morgan fingerprint density at radius 1 is 1.26 bits per heavy atom. The third-order valence-corrected chi connectivity index (χ3v) is 6.72. The Morgan fingerprint density at radius 3 is 2.52 bits per heavy atom. The van der Waals surface area contributed by atoms with Crippen LogP contribution >= 0.6 is 24.0 Å². The zero-order valence-corrected chi connectivity index (χ0v) is 19.7. The minimum Gasteiger partial charge on any atom is -0.459 e. The van der Waals surface area contributed by atoms with Crippen LogP contribution in [0.1, 0.15) is 46.4 Å². The minimum atomic E-state index is -3.19. The maximum Gasteiger partial charge on any atom is 0.191 e. The average molecular weight is 507 g/mol. The van der Waals surface area contributed by atoms with Crippen LogP contribution in [-0.4, -0.2) is 38.0 Å². The van der Waals surface area contributed by atoms with Gasteiger partial charge >= 0.3 is 0 Å². The first-order chi connectivity index (χ1) is 12.1. The highest BCUT2D eigenvalue weighted by atomic mass is 127. The summed E-state index contributed by atoms with van der Waals surface area (Å²) >= 11 is 0. The molecule has 1 atom stereocenters. The summed E-state index contributed by atoms with van der Waals surface area (Å²) in [6.45, 7) is 9.97. The Balaban J connectivity index is 0.00000364. The predicted molar refractivity (Wildman–Crippen MR) is 123 cm³/mol. The first-order valence-electron chi connectivity index (χ1n) is 8.89. The van der Waals surface area contributed by atoms with Crippen molar-refractivity contribution in [2.75, 3.05) is 18.8 Å². The van der Waals surface area contributed by atoms with E-state index in [9.17, 15) is 8.42 Å². The van der Waals surface area contributed by atoms with Gasteiger partial charge in [-0.15, -0.1) is 24.0 Å². The van der Waals surface area contributed by atoms with E-state index in [0.717, 1.165) is 16.7 Å². The normalized spacial score (nSPS) is 13.9. The summed E-state index contributed by atoms with van der Waals surface area (Å²) in [6, 6.07) is 9.75. The lowest BCUT2D eigenvalue weighted by Gasteiger charge is -2.19. The molecule has 0 fully saturated rings. The van der Waals surface area contributed by atoms with Gasteiger partial charge in [0, 0.05) is 11.9 Å². The van der Waals surface area contributed by atoms with E-state index < -0.39 is 14.6 Å². The molecule has 6 nitrogen and oxygen atoms in total. The van der Waals surface area contributed by atoms with Crippen molar-refractivity contribution in [3.63, 3.8) is 0 Å². The van der Waals surface area contributed by atoms with Crippen LogP contribution in [0, 0.1) is 0 Å². The van der Waals surface area contributed by atoms with Crippen LogP contribution in [0.15, 0.2) is 39.7 Å². The van der Waals surface area contributed by atoms with Gasteiger partial charge in [-0.3, -0.25) is 4.99 Å². The smallest absolute Gasteiger partial charge is 0.191 e. The van der Waals surface area contributed by atoms with Crippen LogP contribution in [0.5, 0.6) is 0 Å². The lowest BCUT2D eigenvalue weighted by molar-refractivity contribution is 0.488. The number of fused-ring (bicyclic) bond motifs is 1. The minimum absolute atomic E-state index is 0. The molecule has 0 aliphatic heterocycles. The van der Waals surface area contributed by atoms with Gasteiger partial charge in [0.05, 0.1) is 23.1 Å². The highest BCUT2D eigenvalue weighted by Crippen LogP contribution is 2.23. The highest BCUT2D eigenvalue weighted by Gasteiger charge is 2.28. The number of hydrogen-bond donors (Lipinski definition) is 2. The van der Waals surface area contributed by atoms with Crippen molar-refractivity contribution in [2.24, 2.45) is 4.99 Å². The molecule has 0 saturated heterocycles. The number of halogens is 1. The van der Waals surface area contributed by atoms with Gasteiger partial charge in [0.1, 0.15) is 11.3 Å². The fourth-order valence-electron chi connectivity index (χ4n) is 2.40. The van der Waals surface area contributed by atoms with Gasteiger partial charge in [-0.2, -0.15) is 0 Å². The second kappa shape index (κ2) is 9.77. The molecular formula is C19H30IN3O3S. The van der Waals surface area contributed by atoms with E-state index >= 15 is 0 Å². The number of benzene rings is 1. The van der Waals surface area contributed by atoms with Crippen molar-refractivity contribution in [1.82, 2.24) is 10.6 Å². The van der Waals surface area contributed by atoms with Gasteiger partial charge in [-0.25, -0.2) is 8.42 Å². The van der Waals surface area contributed by atoms with Gasteiger partial charge in [0.2, 0.25) is 0 Å². The summed E-state index contributed by atoms with van der Waals surface area (Å²) in [5, 5.41) is 7.47. The first-order valence-corrected chi connectivity index (χ1v) is 10.5. The number of para-hydroxylation sites is 1. The van der Waals surface area contributed by atoms with E-state index in [0.29, 0.717) is 12.5 Å². The molecule has 152 valence electrons. The largest absolute Gasteiger partial charge is 0.459 e. The van der Waals surface area contributed by atoms with E-state index in [1.807, 2.05) is 44.2 Å². The Morgan fingerprint density at radius 2 is 1.93 bits per heavy atom. The van der Waals surface area contributed by atoms with E-state index in [4.69, 9.17) is 4.42 Å². The molecule has 0 amide bonds. The summed E-state index contributed by atoms with van der Waals surface area (Å²) < 4.78 is 29.5. The number of furan rings is 1. The van der Waals surface area contributed by atoms with Crippen molar-refractivity contribution < 1.29 is 12.8 Å². The quantitative estimate of drug-likeness (QED) is 0.352. The Bertz CT molecular complexity index is 837. The van der Waals surface area contributed by atoms with E-state index in [1.54, 1.807) is 20.8 Å². The number of sulfone groups is 1. The summed E-state index contributed by atoms with van der Waals surface area (Å²) in [5.74, 6) is 1.40. The second-order valence-electron chi connectivity index (χ2n) is 7.24. The number of nitrogens with zero attached hydrogens (tertiary/aromatic N) is 1. The lowest BCUT2D eigenvalue weighted by Crippen LogP contribution is -2.39. The topological polar surface area (TPSA) is 83.7 Å². The average Bonchev–Trinajstić information content (AvgIpc) is 2.98. The molecule has 0 saturated carbocycles. The second-order valence-corrected chi connectivity index (χ2v) is 10.1. The van der Waals surface area contributed by atoms with Crippen LogP contribution in [0.2, 0.25) is 0 Å². The summed E-state index contributed by atoms with van der Waals surface area (Å²) in [6.07, 6.45) is 0. The molecule has 0 bridgehead atoms. The number of nitrogens with one attached hydrogen (secondary N) is 2. The van der Waals surface area contributed by atoms with Crippen molar-refractivity contribution in [3.8, 4) is 0 Å². The Hall–Kier alpha value is -1.29. The number of rotatable bonds is 6. The van der Waals surface area contributed by atoms with Crippen molar-refractivity contribution in [1.29, 1.82) is 0 Å². The van der Waals surface area contributed by atoms with Crippen LogP contribution in [0.4, 0.5) is 0 Å². The third kappa shape index (κ3) is 6.38. The molecule has 1 unspecified atom stereocenters. The van der Waals surface area contributed by atoms with Crippen LogP contribution in [0.25, 0.3) is 11.0 Å². The molecule has 0 radical (unpaired) electrons. The molecule has 2 rings (SSSR count). The maximum absolute atomic E-state index is 12.2. The lowest BCUT2D eigenvalue weighted by atomic mass is 10.2. The van der Waals surface area contributed by atoms with Crippen molar-refractivity contribution in [2.45, 2.75) is 45.4 Å². The number of hydrogen-bond acceptors (Lipinski definition) is 4. The van der Waals surface area contributed by atoms with Crippen molar-refractivity contribution >= 4 is 50.7 Å². The van der Waals surface area contributed by atoms with Gasteiger partial charge in [-0.1, -0.05) is 18.2 Å². The zero-order chi connectivity index (χ0) is 19.4. The molecule has 8 heteroatoms. The van der Waals surface area contributed by atoms with E-state index in [2.05, 4.69) is 15.6 Å². The molecule has 2 aromatic rings. The third-order valence-electron chi connectivity index (χ3n) is 4.13. The molecule has 27 heavy (non-hydrogen) atoms. The zero-order valence-electron chi connectivity index (χ0n) is 16.6. The van der Waals surface area contributed by atoms with Crippen molar-refractivity contribution in [3.05, 3.63) is 36.1 Å². The summed E-state index contributed by atoms with van der Waals surface area (Å²) in [4.78, 5) is 4.41. The summed E-state index contributed by atoms with van der Waals surface area (Å²) in [5.41, 5.74) is 0.842. The fraction of sp³-hybridized carbons (Fsp3) is 0.526. The standard InChI is InChI=1S/C19H29N3O3S.HI/c1-6-20-18(21-11-12-26(23,24)19(3,4)5)22-14(2)17-13-15-9-7-8-10-16(15)25-17;/h7-10,13-14H,6,11-12H2,1-5H3,(H2,20,21,22);1H. The molecule has 0 spiro atoms. The summed E-state index contributed by atoms with van der Waals surface area (Å²) in [7, 11) is -3.19. The highest BCUT2D eigenvalue weighted by molar-refractivity contribution is 14.0. The fourth-order valence-corrected chi connectivity index (χ4v) is 3.34. The van der Waals surface area contributed by atoms with Crippen LogP contribution in [0.3, 0.4) is 0 Å². The monoisotopic (exact) mass is 507 g/mol. The SMILES string of the molecule is CCNC(=NCCS(=O)(=O)C(C)(C)C)NC(C)c1cc2ccccc2o1.I. The van der Waals surface area contributed by atoms with E-state index in [-0.39, 0.29) is 42.3 Å². The maximum atomic E-state index is 12.2.